The smallest absolute Gasteiger partial charge is 0.227 e. The van der Waals surface area contributed by atoms with Gasteiger partial charge in [0, 0.05) is 23.1 Å². The highest BCUT2D eigenvalue weighted by molar-refractivity contribution is 9.10. The third-order valence-electron chi connectivity index (χ3n) is 4.18. The molecule has 2 unspecified atom stereocenters. The zero-order valence-corrected chi connectivity index (χ0v) is 15.2. The summed E-state index contributed by atoms with van der Waals surface area (Å²) in [6.45, 7) is 4.14. The number of amides is 2. The monoisotopic (exact) mass is 390 g/mol. The second-order valence-electron chi connectivity index (χ2n) is 6.06. The molecule has 0 radical (unpaired) electrons. The van der Waals surface area contributed by atoms with Crippen LogP contribution in [0.1, 0.15) is 30.9 Å². The number of aryl methyl sites for hydroxylation is 1. The molecule has 0 saturated carbocycles. The van der Waals surface area contributed by atoms with Crippen LogP contribution in [0.15, 0.2) is 45.3 Å². The van der Waals surface area contributed by atoms with Crippen LogP contribution in [-0.4, -0.2) is 18.4 Å². The van der Waals surface area contributed by atoms with E-state index in [0.29, 0.717) is 6.54 Å². The Kier molecular flexibility index (Phi) is 4.76. The normalized spacial score (nSPS) is 18.7. The number of rotatable bonds is 4. The van der Waals surface area contributed by atoms with Gasteiger partial charge in [-0.3, -0.25) is 9.59 Å². The predicted molar refractivity (Wildman–Crippen MR) is 94.6 cm³/mol. The van der Waals surface area contributed by atoms with Crippen molar-refractivity contribution in [2.75, 3.05) is 11.4 Å². The molecular weight excluding hydrogens is 372 g/mol. The molecule has 0 spiro atoms. The van der Waals surface area contributed by atoms with Crippen molar-refractivity contribution >= 4 is 33.4 Å². The van der Waals surface area contributed by atoms with Crippen LogP contribution in [0.3, 0.4) is 0 Å². The lowest BCUT2D eigenvalue weighted by molar-refractivity contribution is -0.127. The molecule has 6 heteroatoms. The van der Waals surface area contributed by atoms with Crippen LogP contribution in [0.5, 0.6) is 0 Å². The summed E-state index contributed by atoms with van der Waals surface area (Å²) in [5.74, 6) is 1.03. The molecule has 1 aromatic heterocycles. The van der Waals surface area contributed by atoms with E-state index in [1.807, 2.05) is 50.2 Å². The average molecular weight is 391 g/mol. The van der Waals surface area contributed by atoms with Crippen molar-refractivity contribution in [3.8, 4) is 0 Å². The van der Waals surface area contributed by atoms with E-state index in [2.05, 4.69) is 21.2 Å². The minimum atomic E-state index is -0.348. The number of carbonyl (C=O) groups excluding carboxylic acids is 2. The number of benzene rings is 1. The van der Waals surface area contributed by atoms with Gasteiger partial charge in [0.2, 0.25) is 11.8 Å². The summed E-state index contributed by atoms with van der Waals surface area (Å²) < 4.78 is 6.49. The molecule has 3 rings (SSSR count). The molecule has 5 nitrogen and oxygen atoms in total. The van der Waals surface area contributed by atoms with Crippen molar-refractivity contribution in [3.63, 3.8) is 0 Å². The van der Waals surface area contributed by atoms with Crippen LogP contribution in [0.4, 0.5) is 5.69 Å². The Morgan fingerprint density at radius 3 is 2.62 bits per heavy atom. The molecule has 2 heterocycles. The van der Waals surface area contributed by atoms with Gasteiger partial charge in [0.1, 0.15) is 11.5 Å². The van der Waals surface area contributed by atoms with Crippen molar-refractivity contribution in [1.82, 2.24) is 5.32 Å². The van der Waals surface area contributed by atoms with E-state index in [4.69, 9.17) is 4.42 Å². The molecule has 1 saturated heterocycles. The second-order valence-corrected chi connectivity index (χ2v) is 6.98. The summed E-state index contributed by atoms with van der Waals surface area (Å²) in [7, 11) is 0. The zero-order chi connectivity index (χ0) is 17.3. The first-order chi connectivity index (χ1) is 11.4. The Bertz CT molecular complexity index is 754. The van der Waals surface area contributed by atoms with Gasteiger partial charge in [-0.05, 0) is 50.2 Å². The maximum Gasteiger partial charge on any atom is 0.227 e. The Balaban J connectivity index is 1.64. The fourth-order valence-electron chi connectivity index (χ4n) is 2.84. The number of carbonyl (C=O) groups is 2. The summed E-state index contributed by atoms with van der Waals surface area (Å²) >= 11 is 3.38. The number of hydrogen-bond donors (Lipinski definition) is 1. The van der Waals surface area contributed by atoms with E-state index in [1.165, 1.54) is 0 Å². The molecule has 0 bridgehead atoms. The third kappa shape index (κ3) is 3.53. The molecule has 1 fully saturated rings. The van der Waals surface area contributed by atoms with Gasteiger partial charge in [-0.1, -0.05) is 15.9 Å². The summed E-state index contributed by atoms with van der Waals surface area (Å²) in [4.78, 5) is 26.4. The van der Waals surface area contributed by atoms with Gasteiger partial charge in [0.25, 0.3) is 0 Å². The van der Waals surface area contributed by atoms with E-state index < -0.39 is 0 Å². The molecule has 0 aliphatic carbocycles. The maximum atomic E-state index is 12.5. The highest BCUT2D eigenvalue weighted by Crippen LogP contribution is 2.27. The van der Waals surface area contributed by atoms with Crippen LogP contribution >= 0.6 is 15.9 Å². The van der Waals surface area contributed by atoms with Gasteiger partial charge in [-0.25, -0.2) is 0 Å². The molecule has 1 N–H and O–H groups in total. The Morgan fingerprint density at radius 1 is 1.29 bits per heavy atom. The van der Waals surface area contributed by atoms with Crippen LogP contribution < -0.4 is 10.2 Å². The number of nitrogens with zero attached hydrogens (tertiary/aromatic N) is 1. The van der Waals surface area contributed by atoms with Gasteiger partial charge in [0.15, 0.2) is 0 Å². The standard InChI is InChI=1S/C18H19BrN2O3/c1-11-3-8-16(24-11)12(2)20-18(23)13-9-17(22)21(10-13)15-6-4-14(19)5-7-15/h3-8,12-13H,9-10H2,1-2H3,(H,20,23). The van der Waals surface area contributed by atoms with Gasteiger partial charge in [-0.2, -0.15) is 0 Å². The highest BCUT2D eigenvalue weighted by Gasteiger charge is 2.35. The number of furan rings is 1. The SMILES string of the molecule is Cc1ccc(C(C)NC(=O)C2CC(=O)N(c3ccc(Br)cc3)C2)o1. The zero-order valence-electron chi connectivity index (χ0n) is 13.6. The number of hydrogen-bond acceptors (Lipinski definition) is 3. The van der Waals surface area contributed by atoms with Crippen molar-refractivity contribution in [3.05, 3.63) is 52.4 Å². The summed E-state index contributed by atoms with van der Waals surface area (Å²) in [5.41, 5.74) is 0.813. The fraction of sp³-hybridized carbons (Fsp3) is 0.333. The quantitative estimate of drug-likeness (QED) is 0.867. The minimum Gasteiger partial charge on any atom is -0.464 e. The van der Waals surface area contributed by atoms with Gasteiger partial charge >= 0.3 is 0 Å². The van der Waals surface area contributed by atoms with Crippen molar-refractivity contribution in [2.24, 2.45) is 5.92 Å². The topological polar surface area (TPSA) is 62.6 Å². The van der Waals surface area contributed by atoms with Gasteiger partial charge in [0.05, 0.1) is 12.0 Å². The first-order valence-electron chi connectivity index (χ1n) is 7.86. The molecule has 1 aliphatic heterocycles. The van der Waals surface area contributed by atoms with Crippen LogP contribution in [0, 0.1) is 12.8 Å². The lowest BCUT2D eigenvalue weighted by Gasteiger charge is -2.18. The highest BCUT2D eigenvalue weighted by atomic mass is 79.9. The summed E-state index contributed by atoms with van der Waals surface area (Å²) in [5, 5.41) is 2.93. The van der Waals surface area contributed by atoms with Crippen molar-refractivity contribution in [1.29, 1.82) is 0 Å². The van der Waals surface area contributed by atoms with Gasteiger partial charge < -0.3 is 14.6 Å². The van der Waals surface area contributed by atoms with Crippen LogP contribution in [0.25, 0.3) is 0 Å². The van der Waals surface area contributed by atoms with Crippen molar-refractivity contribution in [2.45, 2.75) is 26.3 Å². The molecule has 126 valence electrons. The van der Waals surface area contributed by atoms with Gasteiger partial charge in [-0.15, -0.1) is 0 Å². The molecule has 1 aliphatic rings. The first kappa shape index (κ1) is 16.8. The Labute approximate surface area is 149 Å². The number of nitrogens with one attached hydrogen (secondary N) is 1. The lowest BCUT2D eigenvalue weighted by atomic mass is 10.1. The first-order valence-corrected chi connectivity index (χ1v) is 8.66. The number of anilines is 1. The average Bonchev–Trinajstić information content (AvgIpc) is 3.14. The summed E-state index contributed by atoms with van der Waals surface area (Å²) in [6.07, 6.45) is 0.228. The van der Waals surface area contributed by atoms with Crippen LogP contribution in [0.2, 0.25) is 0 Å². The summed E-state index contributed by atoms with van der Waals surface area (Å²) in [6, 6.07) is 11.0. The van der Waals surface area contributed by atoms with E-state index in [0.717, 1.165) is 21.7 Å². The molecule has 24 heavy (non-hydrogen) atoms. The maximum absolute atomic E-state index is 12.5. The molecular formula is C18H19BrN2O3. The lowest BCUT2D eigenvalue weighted by Crippen LogP contribution is -2.34. The minimum absolute atomic E-state index is 0.0287. The Morgan fingerprint density at radius 2 is 2.00 bits per heavy atom. The van der Waals surface area contributed by atoms with Crippen LogP contribution in [-0.2, 0) is 9.59 Å². The largest absolute Gasteiger partial charge is 0.464 e. The predicted octanol–water partition coefficient (Wildman–Crippen LogP) is 3.58. The molecule has 1 aromatic carbocycles. The Hall–Kier alpha value is -2.08. The van der Waals surface area contributed by atoms with E-state index >= 15 is 0 Å². The third-order valence-corrected chi connectivity index (χ3v) is 4.71. The fourth-order valence-corrected chi connectivity index (χ4v) is 3.11. The molecule has 2 aromatic rings. The van der Waals surface area contributed by atoms with E-state index in [9.17, 15) is 9.59 Å². The second kappa shape index (κ2) is 6.81. The molecule has 2 amide bonds. The van der Waals surface area contributed by atoms with Crippen molar-refractivity contribution < 1.29 is 14.0 Å². The molecule has 2 atom stereocenters. The van der Waals surface area contributed by atoms with E-state index in [1.54, 1.807) is 4.90 Å². The van der Waals surface area contributed by atoms with E-state index in [-0.39, 0.29) is 30.2 Å². The number of halogens is 1.